The Bertz CT molecular complexity index is 627. The summed E-state index contributed by atoms with van der Waals surface area (Å²) in [6, 6.07) is 2.96. The van der Waals surface area contributed by atoms with E-state index in [4.69, 9.17) is 0 Å². The molecule has 2 atom stereocenters. The van der Waals surface area contributed by atoms with Crippen molar-refractivity contribution in [3.8, 4) is 0 Å². The average Bonchev–Trinajstić information content (AvgIpc) is 3.21. The van der Waals surface area contributed by atoms with E-state index < -0.39 is 6.04 Å². The predicted octanol–water partition coefficient (Wildman–Crippen LogP) is 2.20. The van der Waals surface area contributed by atoms with Crippen molar-refractivity contribution in [1.29, 1.82) is 0 Å². The number of hydrogen-bond acceptors (Lipinski definition) is 4. The summed E-state index contributed by atoms with van der Waals surface area (Å²) in [5.74, 6) is -0.366. The zero-order valence-electron chi connectivity index (χ0n) is 16.3. The van der Waals surface area contributed by atoms with Crippen LogP contribution in [0.1, 0.15) is 49.7 Å². The van der Waals surface area contributed by atoms with Crippen molar-refractivity contribution in [1.82, 2.24) is 20.9 Å². The number of amides is 4. The van der Waals surface area contributed by atoms with Crippen molar-refractivity contribution < 1.29 is 14.4 Å². The summed E-state index contributed by atoms with van der Waals surface area (Å²) in [6.45, 7) is 7.61. The number of hydrogen-bond donors (Lipinski definition) is 3. The molecule has 1 aromatic heterocycles. The Kier molecular flexibility index (Phi) is 8.09. The van der Waals surface area contributed by atoms with Gasteiger partial charge in [-0.2, -0.15) is 0 Å². The quantitative estimate of drug-likeness (QED) is 0.662. The number of piperidine rings is 1. The van der Waals surface area contributed by atoms with Crippen molar-refractivity contribution in [2.45, 2.75) is 52.1 Å². The van der Waals surface area contributed by atoms with E-state index in [-0.39, 0.29) is 29.8 Å². The van der Waals surface area contributed by atoms with Crippen LogP contribution in [0.15, 0.2) is 17.5 Å². The van der Waals surface area contributed by atoms with Gasteiger partial charge in [-0.05, 0) is 50.5 Å². The van der Waals surface area contributed by atoms with Crippen LogP contribution in [0.25, 0.3) is 0 Å². The molecule has 0 aromatic carbocycles. The van der Waals surface area contributed by atoms with E-state index in [2.05, 4.69) is 16.0 Å². The molecule has 8 heteroatoms. The Hall–Kier alpha value is -2.09. The number of urea groups is 1. The summed E-state index contributed by atoms with van der Waals surface area (Å²) >= 11 is 1.35. The highest BCUT2D eigenvalue weighted by molar-refractivity contribution is 7.12. The molecule has 0 spiro atoms. The molecule has 2 heterocycles. The summed E-state index contributed by atoms with van der Waals surface area (Å²) in [5.41, 5.74) is 0. The van der Waals surface area contributed by atoms with Crippen molar-refractivity contribution in [2.75, 3.05) is 19.6 Å². The van der Waals surface area contributed by atoms with E-state index in [1.807, 2.05) is 32.2 Å². The second kappa shape index (κ2) is 10.3. The van der Waals surface area contributed by atoms with Crippen LogP contribution in [0.3, 0.4) is 0 Å². The first-order valence-corrected chi connectivity index (χ1v) is 10.5. The molecule has 1 aliphatic heterocycles. The summed E-state index contributed by atoms with van der Waals surface area (Å²) in [5, 5.41) is 10.6. The van der Waals surface area contributed by atoms with E-state index in [1.54, 1.807) is 11.0 Å². The predicted molar refractivity (Wildman–Crippen MR) is 107 cm³/mol. The summed E-state index contributed by atoms with van der Waals surface area (Å²) in [7, 11) is 0. The largest absolute Gasteiger partial charge is 0.352 e. The first-order valence-electron chi connectivity index (χ1n) is 9.63. The molecule has 0 aliphatic carbocycles. The summed E-state index contributed by atoms with van der Waals surface area (Å²) in [6.07, 6.45) is 2.19. The maximum Gasteiger partial charge on any atom is 0.317 e. The van der Waals surface area contributed by atoms with Gasteiger partial charge in [0.1, 0.15) is 6.04 Å². The third kappa shape index (κ3) is 5.95. The number of rotatable bonds is 7. The average molecular weight is 395 g/mol. The highest BCUT2D eigenvalue weighted by Gasteiger charge is 2.34. The first kappa shape index (κ1) is 21.2. The molecule has 1 aliphatic rings. The minimum absolute atomic E-state index is 0.00337. The zero-order chi connectivity index (χ0) is 19.8. The Morgan fingerprint density at radius 1 is 1.22 bits per heavy atom. The smallest absolute Gasteiger partial charge is 0.317 e. The topological polar surface area (TPSA) is 90.5 Å². The second-order valence-corrected chi connectivity index (χ2v) is 7.85. The molecule has 150 valence electrons. The van der Waals surface area contributed by atoms with Gasteiger partial charge in [0.2, 0.25) is 5.91 Å². The fourth-order valence-electron chi connectivity index (χ4n) is 3.15. The third-order valence-corrected chi connectivity index (χ3v) is 5.81. The monoisotopic (exact) mass is 394 g/mol. The molecule has 3 N–H and O–H groups in total. The minimum atomic E-state index is -0.593. The lowest BCUT2D eigenvalue weighted by Crippen LogP contribution is -2.55. The van der Waals surface area contributed by atoms with Crippen molar-refractivity contribution in [3.63, 3.8) is 0 Å². The molecular weight excluding hydrogens is 364 g/mol. The number of nitrogens with one attached hydrogen (secondary N) is 3. The van der Waals surface area contributed by atoms with Gasteiger partial charge >= 0.3 is 6.03 Å². The van der Waals surface area contributed by atoms with Crippen LogP contribution in [0, 0.1) is 5.92 Å². The number of carbonyl (C=O) groups excluding carboxylic acids is 3. The Balaban J connectivity index is 2.04. The van der Waals surface area contributed by atoms with Gasteiger partial charge in [0.15, 0.2) is 0 Å². The molecule has 4 amide bonds. The Labute approximate surface area is 164 Å². The van der Waals surface area contributed by atoms with Crippen LogP contribution >= 0.6 is 11.3 Å². The van der Waals surface area contributed by atoms with Gasteiger partial charge in [-0.25, -0.2) is 4.79 Å². The Morgan fingerprint density at radius 3 is 2.48 bits per heavy atom. The highest BCUT2D eigenvalue weighted by atomic mass is 32.1. The van der Waals surface area contributed by atoms with Crippen LogP contribution in [-0.4, -0.2) is 54.5 Å². The zero-order valence-corrected chi connectivity index (χ0v) is 17.1. The van der Waals surface area contributed by atoms with Crippen molar-refractivity contribution in [3.05, 3.63) is 22.4 Å². The molecule has 7 nitrogen and oxygen atoms in total. The molecule has 1 saturated heterocycles. The van der Waals surface area contributed by atoms with E-state index >= 15 is 0 Å². The lowest BCUT2D eigenvalue weighted by Gasteiger charge is -2.36. The molecule has 0 bridgehead atoms. The maximum atomic E-state index is 12.8. The van der Waals surface area contributed by atoms with Crippen LogP contribution in [0.4, 0.5) is 4.79 Å². The number of likely N-dealkylation sites (tertiary alicyclic amines) is 1. The molecule has 2 unspecified atom stereocenters. The van der Waals surface area contributed by atoms with E-state index in [0.29, 0.717) is 37.4 Å². The molecule has 27 heavy (non-hydrogen) atoms. The van der Waals surface area contributed by atoms with Gasteiger partial charge in [0.05, 0.1) is 4.88 Å². The minimum Gasteiger partial charge on any atom is -0.352 e. The molecule has 0 saturated carbocycles. The SMILES string of the molecule is CCNC(=O)N1CCC(C(NC(=O)c2cccs2)C(=O)NC(C)CC)CC1. The van der Waals surface area contributed by atoms with Crippen molar-refractivity contribution >= 4 is 29.2 Å². The van der Waals surface area contributed by atoms with Crippen LogP contribution < -0.4 is 16.0 Å². The van der Waals surface area contributed by atoms with Crippen LogP contribution in [-0.2, 0) is 4.79 Å². The van der Waals surface area contributed by atoms with Gasteiger partial charge in [-0.3, -0.25) is 9.59 Å². The van der Waals surface area contributed by atoms with Gasteiger partial charge in [0, 0.05) is 25.7 Å². The highest BCUT2D eigenvalue weighted by Crippen LogP contribution is 2.22. The Morgan fingerprint density at radius 2 is 1.93 bits per heavy atom. The lowest BCUT2D eigenvalue weighted by atomic mass is 9.88. The fraction of sp³-hybridized carbons (Fsp3) is 0.632. The summed E-state index contributed by atoms with van der Waals surface area (Å²) < 4.78 is 0. The standard InChI is InChI=1S/C19H30N4O3S/c1-4-13(3)21-18(25)16(22-17(24)15-7-6-12-27-15)14-8-10-23(11-9-14)19(26)20-5-2/h6-7,12-14,16H,4-5,8-11H2,1-3H3,(H,20,26)(H,21,25)(H,22,24). The van der Waals surface area contributed by atoms with Gasteiger partial charge in [-0.1, -0.05) is 13.0 Å². The molecule has 1 aromatic rings. The molecule has 2 rings (SSSR count). The van der Waals surface area contributed by atoms with Gasteiger partial charge in [0.25, 0.3) is 5.91 Å². The first-order chi connectivity index (χ1) is 13.0. The lowest BCUT2D eigenvalue weighted by molar-refractivity contribution is -0.125. The molecule has 1 fully saturated rings. The number of nitrogens with zero attached hydrogens (tertiary/aromatic N) is 1. The molecule has 0 radical (unpaired) electrons. The normalized spacial score (nSPS) is 17.1. The second-order valence-electron chi connectivity index (χ2n) is 6.91. The van der Waals surface area contributed by atoms with E-state index in [0.717, 1.165) is 6.42 Å². The fourth-order valence-corrected chi connectivity index (χ4v) is 3.78. The van der Waals surface area contributed by atoms with Gasteiger partial charge in [-0.15, -0.1) is 11.3 Å². The van der Waals surface area contributed by atoms with Crippen LogP contribution in [0.2, 0.25) is 0 Å². The molecular formula is C19H30N4O3S. The number of carbonyl (C=O) groups is 3. The van der Waals surface area contributed by atoms with E-state index in [9.17, 15) is 14.4 Å². The number of thiophene rings is 1. The van der Waals surface area contributed by atoms with E-state index in [1.165, 1.54) is 11.3 Å². The maximum absolute atomic E-state index is 12.8. The van der Waals surface area contributed by atoms with Crippen LogP contribution in [0.5, 0.6) is 0 Å². The van der Waals surface area contributed by atoms with Crippen molar-refractivity contribution in [2.24, 2.45) is 5.92 Å². The van der Waals surface area contributed by atoms with Gasteiger partial charge < -0.3 is 20.9 Å². The summed E-state index contributed by atoms with van der Waals surface area (Å²) in [4.78, 5) is 39.7. The third-order valence-electron chi connectivity index (χ3n) is 4.94.